The third kappa shape index (κ3) is 4.03. The summed E-state index contributed by atoms with van der Waals surface area (Å²) in [6.07, 6.45) is 3.52. The molecule has 0 bridgehead atoms. The molecule has 0 saturated heterocycles. The molecule has 0 radical (unpaired) electrons. The Labute approximate surface area is 209 Å². The molecular weight excluding hydrogens is 488 g/mol. The summed E-state index contributed by atoms with van der Waals surface area (Å²) >= 11 is 5.95. The molecule has 2 aromatic heterocycles. The number of nitrogens with zero attached hydrogens (tertiary/aromatic N) is 6. The minimum absolute atomic E-state index is 0.0173. The van der Waals surface area contributed by atoms with Gasteiger partial charge in [0.15, 0.2) is 0 Å². The Balaban J connectivity index is 1.49. The summed E-state index contributed by atoms with van der Waals surface area (Å²) in [5.41, 5.74) is 1.44. The highest BCUT2D eigenvalue weighted by Crippen LogP contribution is 2.41. The van der Waals surface area contributed by atoms with Crippen LogP contribution in [-0.2, 0) is 24.2 Å². The van der Waals surface area contributed by atoms with E-state index >= 15 is 8.78 Å². The van der Waals surface area contributed by atoms with Gasteiger partial charge in [-0.3, -0.25) is 9.48 Å². The van der Waals surface area contributed by atoms with Gasteiger partial charge in [-0.1, -0.05) is 29.8 Å². The van der Waals surface area contributed by atoms with E-state index in [0.29, 0.717) is 35.0 Å². The number of amides is 1. The minimum atomic E-state index is -3.86. The van der Waals surface area contributed by atoms with Crippen molar-refractivity contribution in [3.05, 3.63) is 82.6 Å². The maximum atomic E-state index is 15.2. The lowest BCUT2D eigenvalue weighted by Crippen LogP contribution is -2.41. The molecule has 5 rings (SSSR count). The Morgan fingerprint density at radius 2 is 2.00 bits per heavy atom. The normalized spacial score (nSPS) is 12.8. The van der Waals surface area contributed by atoms with Crippen molar-refractivity contribution in [3.63, 3.8) is 0 Å². The second kappa shape index (κ2) is 9.02. The topological polar surface area (TPSA) is 99.7 Å². The van der Waals surface area contributed by atoms with Crippen LogP contribution in [0.15, 0.2) is 60.9 Å². The molecule has 3 heterocycles. The van der Waals surface area contributed by atoms with Gasteiger partial charge in [-0.2, -0.15) is 19.1 Å². The fourth-order valence-electron chi connectivity index (χ4n) is 4.18. The Hall–Kier alpha value is -4.36. The number of alkyl halides is 2. The molecule has 4 aromatic rings. The van der Waals surface area contributed by atoms with Gasteiger partial charge in [0, 0.05) is 37.0 Å². The summed E-state index contributed by atoms with van der Waals surface area (Å²) < 4.78 is 32.0. The van der Waals surface area contributed by atoms with E-state index in [2.05, 4.69) is 20.4 Å². The van der Waals surface area contributed by atoms with Crippen LogP contribution >= 0.6 is 11.6 Å². The lowest BCUT2D eigenvalue weighted by atomic mass is 10.0. The van der Waals surface area contributed by atoms with Gasteiger partial charge in [0.25, 0.3) is 0 Å². The molecule has 1 aliphatic rings. The highest BCUT2D eigenvalue weighted by molar-refractivity contribution is 6.31. The molecule has 0 unspecified atom stereocenters. The van der Waals surface area contributed by atoms with Gasteiger partial charge in [0.2, 0.25) is 5.95 Å². The SMILES string of the molecule is Cn1nccc1Nc1nccc(-c2cc(C#N)c3c(c2)CCN3C(=O)C(F)(F)c2ccccc2Cl)n1. The molecule has 1 amide bonds. The van der Waals surface area contributed by atoms with E-state index in [1.165, 1.54) is 24.3 Å². The molecule has 0 spiro atoms. The number of nitrogens with one attached hydrogen (secondary N) is 1. The number of fused-ring (bicyclic) bond motifs is 1. The zero-order valence-electron chi connectivity index (χ0n) is 18.9. The summed E-state index contributed by atoms with van der Waals surface area (Å²) in [5, 5.41) is 16.8. The number of anilines is 3. The number of hydrogen-bond donors (Lipinski definition) is 1. The van der Waals surface area contributed by atoms with E-state index in [1.54, 1.807) is 42.3 Å². The average Bonchev–Trinajstić information content (AvgIpc) is 3.49. The standard InChI is InChI=1S/C25H18ClF2N7O/c1-34-21(7-10-31-34)33-24-30-9-6-20(32-24)16-12-15-8-11-35(22(15)17(13-16)14-29)23(36)25(27,28)18-4-2-3-5-19(18)26/h2-7,9-10,12-13H,8,11H2,1H3,(H,30,32,33). The summed E-state index contributed by atoms with van der Waals surface area (Å²) in [6, 6.07) is 14.1. The number of aryl methyl sites for hydroxylation is 1. The molecular formula is C25H18ClF2N7O. The highest BCUT2D eigenvalue weighted by atomic mass is 35.5. The van der Waals surface area contributed by atoms with Gasteiger partial charge in [0.1, 0.15) is 11.9 Å². The zero-order valence-corrected chi connectivity index (χ0v) is 19.7. The number of benzene rings is 2. The van der Waals surface area contributed by atoms with E-state index in [0.717, 1.165) is 11.0 Å². The number of halogens is 3. The van der Waals surface area contributed by atoms with E-state index in [9.17, 15) is 10.1 Å². The largest absolute Gasteiger partial charge is 0.351 e. The first-order chi connectivity index (χ1) is 17.3. The lowest BCUT2D eigenvalue weighted by Gasteiger charge is -2.25. The van der Waals surface area contributed by atoms with Crippen LogP contribution in [0, 0.1) is 11.3 Å². The van der Waals surface area contributed by atoms with Crippen molar-refractivity contribution in [1.82, 2.24) is 19.7 Å². The second-order valence-electron chi connectivity index (χ2n) is 8.13. The number of hydrogen-bond acceptors (Lipinski definition) is 6. The molecule has 0 fully saturated rings. The fraction of sp³-hybridized carbons (Fsp3) is 0.160. The van der Waals surface area contributed by atoms with Crippen molar-refractivity contribution in [2.24, 2.45) is 7.05 Å². The molecule has 0 atom stereocenters. The monoisotopic (exact) mass is 505 g/mol. The third-order valence-electron chi connectivity index (χ3n) is 5.92. The zero-order chi connectivity index (χ0) is 25.4. The van der Waals surface area contributed by atoms with Crippen molar-refractivity contribution in [2.75, 3.05) is 16.8 Å². The van der Waals surface area contributed by atoms with Crippen LogP contribution in [-0.4, -0.2) is 32.2 Å². The number of rotatable bonds is 5. The van der Waals surface area contributed by atoms with E-state index in [-0.39, 0.29) is 22.8 Å². The molecule has 11 heteroatoms. The van der Waals surface area contributed by atoms with Gasteiger partial charge in [-0.25, -0.2) is 9.97 Å². The highest BCUT2D eigenvalue weighted by Gasteiger charge is 2.47. The third-order valence-corrected chi connectivity index (χ3v) is 6.25. The summed E-state index contributed by atoms with van der Waals surface area (Å²) in [7, 11) is 1.77. The van der Waals surface area contributed by atoms with Crippen molar-refractivity contribution in [3.8, 4) is 17.3 Å². The molecule has 1 aliphatic heterocycles. The number of carbonyl (C=O) groups is 1. The summed E-state index contributed by atoms with van der Waals surface area (Å²) in [6.45, 7) is 0.0173. The molecule has 8 nitrogen and oxygen atoms in total. The van der Waals surface area contributed by atoms with Crippen molar-refractivity contribution in [1.29, 1.82) is 5.26 Å². The predicted molar refractivity (Wildman–Crippen MR) is 130 cm³/mol. The molecule has 0 saturated carbocycles. The van der Waals surface area contributed by atoms with E-state index in [1.807, 2.05) is 6.07 Å². The number of nitriles is 1. The maximum absolute atomic E-state index is 15.2. The van der Waals surface area contributed by atoms with E-state index < -0.39 is 17.4 Å². The molecule has 36 heavy (non-hydrogen) atoms. The first-order valence-electron chi connectivity index (χ1n) is 10.9. The Kier molecular flexibility index (Phi) is 5.86. The molecule has 180 valence electrons. The van der Waals surface area contributed by atoms with Crippen LogP contribution in [0.2, 0.25) is 5.02 Å². The summed E-state index contributed by atoms with van der Waals surface area (Å²) in [4.78, 5) is 22.7. The Morgan fingerprint density at radius 1 is 1.19 bits per heavy atom. The van der Waals surface area contributed by atoms with Gasteiger partial charge in [-0.15, -0.1) is 0 Å². The number of aromatic nitrogens is 4. The van der Waals surface area contributed by atoms with Gasteiger partial charge >= 0.3 is 11.8 Å². The molecule has 2 aromatic carbocycles. The quantitative estimate of drug-likeness (QED) is 0.417. The molecule has 0 aliphatic carbocycles. The minimum Gasteiger partial charge on any atom is -0.309 e. The fourth-order valence-corrected chi connectivity index (χ4v) is 4.43. The molecule has 1 N–H and O–H groups in total. The van der Waals surface area contributed by atoms with Gasteiger partial charge in [0.05, 0.1) is 28.2 Å². The second-order valence-corrected chi connectivity index (χ2v) is 8.54. The first-order valence-corrected chi connectivity index (χ1v) is 11.3. The van der Waals surface area contributed by atoms with Crippen LogP contribution in [0.5, 0.6) is 0 Å². The van der Waals surface area contributed by atoms with E-state index in [4.69, 9.17) is 11.6 Å². The predicted octanol–water partition coefficient (Wildman–Crippen LogP) is 4.83. The van der Waals surface area contributed by atoms with Gasteiger partial charge in [-0.05, 0) is 36.2 Å². The Bertz CT molecular complexity index is 1530. The maximum Gasteiger partial charge on any atom is 0.351 e. The van der Waals surface area contributed by atoms with Crippen LogP contribution in [0.4, 0.5) is 26.2 Å². The Morgan fingerprint density at radius 3 is 2.72 bits per heavy atom. The first kappa shape index (κ1) is 23.4. The van der Waals surface area contributed by atoms with Crippen molar-refractivity contribution < 1.29 is 13.6 Å². The van der Waals surface area contributed by atoms with Crippen molar-refractivity contribution >= 4 is 35.0 Å². The van der Waals surface area contributed by atoms with Crippen LogP contribution in [0.25, 0.3) is 11.3 Å². The number of carbonyl (C=O) groups excluding carboxylic acids is 1. The smallest absolute Gasteiger partial charge is 0.309 e. The van der Waals surface area contributed by atoms with Crippen LogP contribution in [0.3, 0.4) is 0 Å². The van der Waals surface area contributed by atoms with Crippen LogP contribution < -0.4 is 10.2 Å². The van der Waals surface area contributed by atoms with Crippen molar-refractivity contribution in [2.45, 2.75) is 12.3 Å². The lowest BCUT2D eigenvalue weighted by molar-refractivity contribution is -0.143. The van der Waals surface area contributed by atoms with Crippen LogP contribution in [0.1, 0.15) is 16.7 Å². The summed E-state index contributed by atoms with van der Waals surface area (Å²) in [5.74, 6) is -4.27. The van der Waals surface area contributed by atoms with Gasteiger partial charge < -0.3 is 10.2 Å². The average molecular weight is 506 g/mol.